The molecule has 1 rings (SSSR count). The van der Waals surface area contributed by atoms with Crippen molar-refractivity contribution in [2.75, 3.05) is 7.11 Å². The van der Waals surface area contributed by atoms with Crippen LogP contribution in [0.3, 0.4) is 0 Å². The molecule has 0 aliphatic carbocycles. The van der Waals surface area contributed by atoms with Gasteiger partial charge >= 0.3 is 6.02 Å². The number of allylic oxidation sites excluding steroid dienone is 1. The van der Waals surface area contributed by atoms with E-state index in [1.165, 1.54) is 0 Å². The zero-order valence-electron chi connectivity index (χ0n) is 7.03. The third-order valence-corrected chi connectivity index (χ3v) is 1.38. The topological polar surface area (TPSA) is 34.0 Å². The Kier molecular flexibility index (Phi) is 2.08. The summed E-state index contributed by atoms with van der Waals surface area (Å²) in [5, 5.41) is 0. The maximum atomic E-state index is 4.87. The Balaban J connectivity index is 2.83. The van der Waals surface area contributed by atoms with Crippen molar-refractivity contribution in [2.24, 2.45) is 15.4 Å². The van der Waals surface area contributed by atoms with Crippen LogP contribution in [0.1, 0.15) is 13.8 Å². The first-order chi connectivity index (χ1) is 5.14. The van der Waals surface area contributed by atoms with Crippen molar-refractivity contribution in [3.63, 3.8) is 0 Å². The van der Waals surface area contributed by atoms with Crippen LogP contribution in [-0.4, -0.2) is 19.3 Å². The summed E-state index contributed by atoms with van der Waals surface area (Å²) in [4.78, 5) is 7.99. The fourth-order valence-corrected chi connectivity index (χ4v) is 0.696. The molecule has 3 heteroatoms. The van der Waals surface area contributed by atoms with E-state index in [0.29, 0.717) is 6.02 Å². The van der Waals surface area contributed by atoms with Gasteiger partial charge in [0.1, 0.15) is 0 Å². The minimum absolute atomic E-state index is 0.0240. The van der Waals surface area contributed by atoms with Gasteiger partial charge in [-0.3, -0.25) is 0 Å². The molecule has 0 amide bonds. The highest BCUT2D eigenvalue weighted by Crippen LogP contribution is 2.15. The van der Waals surface area contributed by atoms with E-state index in [4.69, 9.17) is 4.74 Å². The van der Waals surface area contributed by atoms with Crippen LogP contribution in [0.4, 0.5) is 0 Å². The molecule has 0 atom stereocenters. The van der Waals surface area contributed by atoms with Crippen LogP contribution in [0, 0.1) is 5.41 Å². The predicted octanol–water partition coefficient (Wildman–Crippen LogP) is 1.61. The molecule has 3 nitrogen and oxygen atoms in total. The molecule has 1 aliphatic rings. The smallest absolute Gasteiger partial charge is 0.315 e. The number of aliphatic imine (C=N–C) groups is 2. The largest absolute Gasteiger partial charge is 0.467 e. The molecule has 11 heavy (non-hydrogen) atoms. The summed E-state index contributed by atoms with van der Waals surface area (Å²) in [6.07, 6.45) is 5.51. The van der Waals surface area contributed by atoms with Crippen molar-refractivity contribution in [1.82, 2.24) is 0 Å². The predicted molar refractivity (Wildman–Crippen MR) is 45.9 cm³/mol. The first kappa shape index (κ1) is 7.98. The zero-order chi connectivity index (χ0) is 8.32. The Morgan fingerprint density at radius 2 is 2.18 bits per heavy atom. The lowest BCUT2D eigenvalue weighted by molar-refractivity contribution is 0.397. The fourth-order valence-electron chi connectivity index (χ4n) is 0.696. The highest BCUT2D eigenvalue weighted by atomic mass is 16.5. The average molecular weight is 152 g/mol. The van der Waals surface area contributed by atoms with Gasteiger partial charge in [0, 0.05) is 17.8 Å². The average Bonchev–Trinajstić information content (AvgIpc) is 2.10. The molecule has 0 saturated heterocycles. The summed E-state index contributed by atoms with van der Waals surface area (Å²) in [5.41, 5.74) is -0.0240. The molecule has 0 aromatic heterocycles. The van der Waals surface area contributed by atoms with Crippen LogP contribution in [-0.2, 0) is 4.74 Å². The van der Waals surface area contributed by atoms with E-state index >= 15 is 0 Å². The number of rotatable bonds is 0. The molecule has 1 aliphatic heterocycles. The van der Waals surface area contributed by atoms with Crippen LogP contribution in [0.2, 0.25) is 0 Å². The van der Waals surface area contributed by atoms with E-state index in [0.717, 1.165) is 0 Å². The quantitative estimate of drug-likeness (QED) is 0.519. The Morgan fingerprint density at radius 3 is 2.82 bits per heavy atom. The molecule has 0 saturated carbocycles. The molecule has 0 spiro atoms. The van der Waals surface area contributed by atoms with E-state index in [9.17, 15) is 0 Å². The molecular formula is C8H12N2O. The zero-order valence-corrected chi connectivity index (χ0v) is 7.03. The summed E-state index contributed by atoms with van der Waals surface area (Å²) in [6.45, 7) is 4.11. The molecule has 0 aromatic rings. The van der Waals surface area contributed by atoms with Gasteiger partial charge in [-0.05, 0) is 0 Å². The first-order valence-corrected chi connectivity index (χ1v) is 3.49. The summed E-state index contributed by atoms with van der Waals surface area (Å²) in [6, 6.07) is 0.409. The summed E-state index contributed by atoms with van der Waals surface area (Å²) < 4.78 is 4.87. The van der Waals surface area contributed by atoms with Gasteiger partial charge < -0.3 is 4.74 Å². The highest BCUT2D eigenvalue weighted by Gasteiger charge is 2.12. The Hall–Kier alpha value is -1.12. The fraction of sp³-hybridized carbons (Fsp3) is 0.500. The maximum absolute atomic E-state index is 4.87. The highest BCUT2D eigenvalue weighted by molar-refractivity contribution is 5.87. The first-order valence-electron chi connectivity index (χ1n) is 3.49. The normalized spacial score (nSPS) is 20.8. The van der Waals surface area contributed by atoms with Crippen molar-refractivity contribution in [1.29, 1.82) is 0 Å². The monoisotopic (exact) mass is 152 g/mol. The standard InChI is InChI=1S/C8H12N2O/c1-8(2)4-5-9-7(11-3)10-6-8/h4-6H,1-3H3. The molecular weight excluding hydrogens is 140 g/mol. The lowest BCUT2D eigenvalue weighted by atomic mass is 9.96. The van der Waals surface area contributed by atoms with E-state index in [1.54, 1.807) is 13.3 Å². The number of hydrogen-bond donors (Lipinski definition) is 0. The van der Waals surface area contributed by atoms with Crippen LogP contribution in [0.5, 0.6) is 0 Å². The molecule has 0 fully saturated rings. The number of ether oxygens (including phenoxy) is 1. The van der Waals surface area contributed by atoms with Crippen LogP contribution < -0.4 is 0 Å². The van der Waals surface area contributed by atoms with Gasteiger partial charge in [-0.2, -0.15) is 0 Å². The Labute approximate surface area is 66.5 Å². The number of hydrogen-bond acceptors (Lipinski definition) is 3. The van der Waals surface area contributed by atoms with Crippen molar-refractivity contribution >= 4 is 12.2 Å². The second kappa shape index (κ2) is 2.86. The second-order valence-electron chi connectivity index (χ2n) is 3.01. The summed E-state index contributed by atoms with van der Waals surface area (Å²) >= 11 is 0. The van der Waals surface area contributed by atoms with Gasteiger partial charge in [0.2, 0.25) is 0 Å². The SMILES string of the molecule is COC1=NC=CC(C)(C)C=N1. The van der Waals surface area contributed by atoms with Gasteiger partial charge in [0.05, 0.1) is 7.11 Å². The van der Waals surface area contributed by atoms with Crippen LogP contribution in [0.25, 0.3) is 0 Å². The van der Waals surface area contributed by atoms with Crippen LogP contribution >= 0.6 is 0 Å². The van der Waals surface area contributed by atoms with Gasteiger partial charge in [-0.1, -0.05) is 19.9 Å². The molecule has 60 valence electrons. The van der Waals surface area contributed by atoms with Crippen molar-refractivity contribution in [3.05, 3.63) is 12.3 Å². The van der Waals surface area contributed by atoms with Gasteiger partial charge in [0.15, 0.2) is 0 Å². The Morgan fingerprint density at radius 1 is 1.45 bits per heavy atom. The van der Waals surface area contributed by atoms with Crippen molar-refractivity contribution in [3.8, 4) is 0 Å². The molecule has 0 radical (unpaired) electrons. The molecule has 1 heterocycles. The van der Waals surface area contributed by atoms with Gasteiger partial charge in [0.25, 0.3) is 0 Å². The van der Waals surface area contributed by atoms with Crippen molar-refractivity contribution in [2.45, 2.75) is 13.8 Å². The molecule has 0 N–H and O–H groups in total. The number of methoxy groups -OCH3 is 1. The summed E-state index contributed by atoms with van der Waals surface area (Å²) in [7, 11) is 1.56. The third-order valence-electron chi connectivity index (χ3n) is 1.38. The lowest BCUT2D eigenvalue weighted by Gasteiger charge is -2.09. The molecule has 0 aromatic carbocycles. The van der Waals surface area contributed by atoms with Crippen molar-refractivity contribution < 1.29 is 4.74 Å². The number of amidine groups is 1. The second-order valence-corrected chi connectivity index (χ2v) is 3.01. The Bertz CT molecular complexity index is 226. The van der Waals surface area contributed by atoms with E-state index in [-0.39, 0.29) is 5.41 Å². The third kappa shape index (κ3) is 2.18. The van der Waals surface area contributed by atoms with Crippen LogP contribution in [0.15, 0.2) is 22.3 Å². The van der Waals surface area contributed by atoms with Gasteiger partial charge in [-0.25, -0.2) is 9.98 Å². The van der Waals surface area contributed by atoms with E-state index in [1.807, 2.05) is 12.3 Å². The maximum Gasteiger partial charge on any atom is 0.315 e. The minimum atomic E-state index is -0.0240. The minimum Gasteiger partial charge on any atom is -0.467 e. The lowest BCUT2D eigenvalue weighted by Crippen LogP contribution is -2.09. The summed E-state index contributed by atoms with van der Waals surface area (Å²) in [5.74, 6) is 0. The molecule has 0 unspecified atom stereocenters. The number of nitrogens with zero attached hydrogens (tertiary/aromatic N) is 2. The van der Waals surface area contributed by atoms with E-state index < -0.39 is 0 Å². The van der Waals surface area contributed by atoms with E-state index in [2.05, 4.69) is 23.8 Å². The molecule has 0 bridgehead atoms. The van der Waals surface area contributed by atoms with Gasteiger partial charge in [-0.15, -0.1) is 0 Å².